The summed E-state index contributed by atoms with van der Waals surface area (Å²) < 4.78 is 81.6. The minimum atomic E-state index is -2.02. The van der Waals surface area contributed by atoms with Crippen molar-refractivity contribution >= 4 is 22.7 Å². The molecule has 3 heterocycles. The number of hydrogen-bond acceptors (Lipinski definition) is 6. The van der Waals surface area contributed by atoms with Crippen LogP contribution in [0.25, 0.3) is 22.2 Å². The summed E-state index contributed by atoms with van der Waals surface area (Å²) in [6, 6.07) is 6.37. The Hall–Kier alpha value is -4.19. The van der Waals surface area contributed by atoms with E-state index < -0.39 is 47.9 Å². The second kappa shape index (κ2) is 9.11. The van der Waals surface area contributed by atoms with Crippen molar-refractivity contribution in [3.8, 4) is 22.6 Å². The maximum absolute atomic E-state index is 14.9. The van der Waals surface area contributed by atoms with E-state index in [1.807, 2.05) is 0 Å². The predicted molar refractivity (Wildman–Crippen MR) is 121 cm³/mol. The molecule has 0 amide bonds. The Kier molecular flexibility index (Phi) is 5.96. The monoisotopic (exact) mass is 504 g/mol. The van der Waals surface area contributed by atoms with Gasteiger partial charge in [-0.1, -0.05) is 6.07 Å². The molecule has 4 aromatic rings. The van der Waals surface area contributed by atoms with Crippen molar-refractivity contribution in [1.82, 2.24) is 9.97 Å². The summed E-state index contributed by atoms with van der Waals surface area (Å²) in [5, 5.41) is 11.9. The minimum Gasteiger partial charge on any atom is -0.461 e. The van der Waals surface area contributed by atoms with Gasteiger partial charge in [-0.15, -0.1) is 0 Å². The van der Waals surface area contributed by atoms with E-state index in [0.717, 1.165) is 24.3 Å². The zero-order chi connectivity index (χ0) is 25.4. The van der Waals surface area contributed by atoms with E-state index in [4.69, 9.17) is 14.6 Å². The van der Waals surface area contributed by atoms with Gasteiger partial charge < -0.3 is 24.9 Å². The van der Waals surface area contributed by atoms with Crippen molar-refractivity contribution in [2.75, 3.05) is 25.1 Å². The molecule has 0 unspecified atom stereocenters. The van der Waals surface area contributed by atoms with E-state index in [0.29, 0.717) is 22.2 Å². The van der Waals surface area contributed by atoms with Crippen molar-refractivity contribution < 1.29 is 36.5 Å². The fourth-order valence-electron chi connectivity index (χ4n) is 3.64. The SMILES string of the molecule is OC[C@]1(F)CN=C(Nc2cc(F)c(Oc3ccnc4[nH]cc(-c5ccc(F)c(F)c5)c34)c(F)c2)OC1. The number of pyridine rings is 1. The van der Waals surface area contributed by atoms with Crippen LogP contribution in [0.15, 0.2) is 53.8 Å². The average Bonchev–Trinajstić information content (AvgIpc) is 3.30. The average molecular weight is 504 g/mol. The zero-order valence-electron chi connectivity index (χ0n) is 18.3. The third-order valence-corrected chi connectivity index (χ3v) is 5.48. The molecular formula is C24H17F5N4O3. The molecule has 0 radical (unpaired) electrons. The van der Waals surface area contributed by atoms with E-state index >= 15 is 0 Å². The van der Waals surface area contributed by atoms with Gasteiger partial charge in [0.15, 0.2) is 34.7 Å². The smallest absolute Gasteiger partial charge is 0.289 e. The largest absolute Gasteiger partial charge is 0.461 e. The number of aliphatic hydroxyl groups excluding tert-OH is 1. The lowest BCUT2D eigenvalue weighted by Crippen LogP contribution is -2.43. The van der Waals surface area contributed by atoms with Gasteiger partial charge in [0.05, 0.1) is 18.5 Å². The summed E-state index contributed by atoms with van der Waals surface area (Å²) >= 11 is 0. The summed E-state index contributed by atoms with van der Waals surface area (Å²) in [5.74, 6) is -4.93. The van der Waals surface area contributed by atoms with Crippen LogP contribution in [0.1, 0.15) is 0 Å². The fraction of sp³-hybridized carbons (Fsp3) is 0.167. The number of nitrogens with zero attached hydrogens (tertiary/aromatic N) is 2. The molecule has 0 saturated carbocycles. The Morgan fingerprint density at radius 1 is 1.06 bits per heavy atom. The Bertz CT molecular complexity index is 1470. The van der Waals surface area contributed by atoms with Crippen LogP contribution in [0.3, 0.4) is 0 Å². The first-order valence-corrected chi connectivity index (χ1v) is 10.6. The number of hydrogen-bond donors (Lipinski definition) is 3. The molecule has 0 spiro atoms. The van der Waals surface area contributed by atoms with Gasteiger partial charge >= 0.3 is 0 Å². The first kappa shape index (κ1) is 23.5. The van der Waals surface area contributed by atoms with Crippen LogP contribution in [0.5, 0.6) is 11.5 Å². The summed E-state index contributed by atoms with van der Waals surface area (Å²) in [6.07, 6.45) is 2.84. The van der Waals surface area contributed by atoms with Crippen molar-refractivity contribution in [1.29, 1.82) is 0 Å². The first-order chi connectivity index (χ1) is 17.3. The number of nitrogens with one attached hydrogen (secondary N) is 2. The molecule has 0 aliphatic carbocycles. The second-order valence-electron chi connectivity index (χ2n) is 8.08. The van der Waals surface area contributed by atoms with E-state index in [9.17, 15) is 22.0 Å². The number of anilines is 1. The lowest BCUT2D eigenvalue weighted by molar-refractivity contribution is 0.0181. The lowest BCUT2D eigenvalue weighted by atomic mass is 10.1. The lowest BCUT2D eigenvalue weighted by Gasteiger charge is -2.26. The molecule has 1 atom stereocenters. The maximum Gasteiger partial charge on any atom is 0.289 e. The minimum absolute atomic E-state index is 0.0165. The van der Waals surface area contributed by atoms with Gasteiger partial charge in [-0.05, 0) is 23.8 Å². The normalized spacial score (nSPS) is 17.6. The molecule has 36 heavy (non-hydrogen) atoms. The van der Waals surface area contributed by atoms with Gasteiger partial charge in [-0.3, -0.25) is 0 Å². The summed E-state index contributed by atoms with van der Waals surface area (Å²) in [5.41, 5.74) is -1.12. The fourth-order valence-corrected chi connectivity index (χ4v) is 3.64. The number of aliphatic hydroxyl groups is 1. The molecule has 0 fully saturated rings. The van der Waals surface area contributed by atoms with Crippen molar-refractivity contribution in [2.45, 2.75) is 5.67 Å². The van der Waals surface area contributed by atoms with Crippen molar-refractivity contribution in [3.05, 3.63) is 72.1 Å². The number of aromatic nitrogens is 2. The van der Waals surface area contributed by atoms with Crippen molar-refractivity contribution in [3.63, 3.8) is 0 Å². The topological polar surface area (TPSA) is 91.8 Å². The zero-order valence-corrected chi connectivity index (χ0v) is 18.3. The molecule has 2 aromatic carbocycles. The first-order valence-electron chi connectivity index (χ1n) is 10.6. The van der Waals surface area contributed by atoms with E-state index in [1.165, 1.54) is 24.5 Å². The van der Waals surface area contributed by atoms with Crippen LogP contribution in [0.4, 0.5) is 27.6 Å². The number of rotatable bonds is 5. The third kappa shape index (κ3) is 4.42. The molecule has 2 aromatic heterocycles. The number of fused-ring (bicyclic) bond motifs is 1. The number of amidine groups is 1. The second-order valence-corrected chi connectivity index (χ2v) is 8.08. The van der Waals surface area contributed by atoms with Crippen LogP contribution in [0.2, 0.25) is 0 Å². The molecule has 0 bridgehead atoms. The Morgan fingerprint density at radius 3 is 2.50 bits per heavy atom. The van der Waals surface area contributed by atoms with E-state index in [1.54, 1.807) is 0 Å². The standard InChI is InChI=1S/C24H17F5N4O3/c25-15-2-1-12(5-16(15)26)14-8-31-22-20(14)19(3-4-30-22)36-21-17(27)6-13(7-18(21)28)33-23-32-9-24(29,10-34)11-35-23/h1-8,34H,9-11H2,(H,30,31)(H,32,33)/t24-/m1/s1. The number of H-pyrrole nitrogens is 1. The van der Waals surface area contributed by atoms with Gasteiger partial charge in [-0.25, -0.2) is 31.9 Å². The molecular weight excluding hydrogens is 487 g/mol. The molecule has 1 aliphatic rings. The van der Waals surface area contributed by atoms with E-state index in [-0.39, 0.29) is 24.0 Å². The molecule has 7 nitrogen and oxygen atoms in total. The molecule has 186 valence electrons. The van der Waals surface area contributed by atoms with Gasteiger partial charge in [0.25, 0.3) is 6.02 Å². The maximum atomic E-state index is 14.9. The highest BCUT2D eigenvalue weighted by Crippen LogP contribution is 2.39. The van der Waals surface area contributed by atoms with Gasteiger partial charge in [0.2, 0.25) is 0 Å². The third-order valence-electron chi connectivity index (χ3n) is 5.48. The molecule has 1 aliphatic heterocycles. The summed E-state index contributed by atoms with van der Waals surface area (Å²) in [7, 11) is 0. The molecule has 5 rings (SSSR count). The van der Waals surface area contributed by atoms with Crippen LogP contribution in [-0.4, -0.2) is 46.5 Å². The quantitative estimate of drug-likeness (QED) is 0.330. The molecule has 3 N–H and O–H groups in total. The number of ether oxygens (including phenoxy) is 2. The number of aliphatic imine (C=N–C) groups is 1. The van der Waals surface area contributed by atoms with E-state index in [2.05, 4.69) is 20.3 Å². The predicted octanol–water partition coefficient (Wildman–Crippen LogP) is 5.08. The number of halogens is 5. The Labute approximate surface area is 200 Å². The van der Waals surface area contributed by atoms with Crippen LogP contribution < -0.4 is 10.1 Å². The van der Waals surface area contributed by atoms with Crippen LogP contribution >= 0.6 is 0 Å². The molecule has 12 heteroatoms. The van der Waals surface area contributed by atoms with Crippen molar-refractivity contribution in [2.24, 2.45) is 4.99 Å². The van der Waals surface area contributed by atoms with Crippen LogP contribution in [0, 0.1) is 23.3 Å². The Morgan fingerprint density at radius 2 is 1.83 bits per heavy atom. The number of aromatic amines is 1. The summed E-state index contributed by atoms with van der Waals surface area (Å²) in [4.78, 5) is 10.8. The highest BCUT2D eigenvalue weighted by Gasteiger charge is 2.34. The van der Waals surface area contributed by atoms with Gasteiger partial charge in [-0.2, -0.15) is 0 Å². The van der Waals surface area contributed by atoms with Gasteiger partial charge in [0.1, 0.15) is 18.0 Å². The number of alkyl halides is 1. The molecule has 0 saturated heterocycles. The van der Waals surface area contributed by atoms with Gasteiger partial charge in [0, 0.05) is 35.8 Å². The highest BCUT2D eigenvalue weighted by atomic mass is 19.2. The van der Waals surface area contributed by atoms with Crippen LogP contribution in [-0.2, 0) is 4.74 Å². The Balaban J connectivity index is 1.45. The number of benzene rings is 2. The highest BCUT2D eigenvalue weighted by molar-refractivity contribution is 5.98. The summed E-state index contributed by atoms with van der Waals surface area (Å²) in [6.45, 7) is -1.64.